The molecule has 9 nitrogen and oxygen atoms in total. The number of halogens is 1. The second kappa shape index (κ2) is 8.50. The van der Waals surface area contributed by atoms with Gasteiger partial charge >= 0.3 is 6.03 Å². The standard InChI is InChI=1S/C22H28FN7O2/c1-28(2)22(31)30-11-7-15(8-12-30)29-9-5-14(6-10-29)21-25-20(27-32-21)19-16-13-24-26-18(16)4-3-17(19)23/h3-4,13-15H,5-12H2,1-2H3,(H,24,26). The highest BCUT2D eigenvalue weighted by molar-refractivity contribution is 5.92. The number of nitrogens with zero attached hydrogens (tertiary/aromatic N) is 6. The van der Waals surface area contributed by atoms with Crippen molar-refractivity contribution in [2.75, 3.05) is 40.3 Å². The molecule has 0 radical (unpaired) electrons. The second-order valence-corrected chi connectivity index (χ2v) is 8.92. The number of hydrogen-bond donors (Lipinski definition) is 1. The molecule has 0 unspecified atom stereocenters. The van der Waals surface area contributed by atoms with Crippen LogP contribution in [-0.4, -0.2) is 87.4 Å². The molecule has 1 aromatic carbocycles. The lowest BCUT2D eigenvalue weighted by Crippen LogP contribution is -2.50. The number of piperidine rings is 2. The fourth-order valence-electron chi connectivity index (χ4n) is 4.94. The molecule has 0 aliphatic carbocycles. The van der Waals surface area contributed by atoms with E-state index in [1.807, 2.05) is 4.90 Å². The number of aromatic nitrogens is 4. The number of aromatic amines is 1. The molecule has 4 heterocycles. The molecule has 32 heavy (non-hydrogen) atoms. The minimum absolute atomic E-state index is 0.0944. The van der Waals surface area contributed by atoms with Crippen molar-refractivity contribution >= 4 is 16.9 Å². The van der Waals surface area contributed by atoms with Crippen molar-refractivity contribution in [3.8, 4) is 11.4 Å². The Morgan fingerprint density at radius 2 is 1.91 bits per heavy atom. The zero-order valence-electron chi connectivity index (χ0n) is 18.4. The molecule has 5 rings (SSSR count). The molecule has 0 atom stereocenters. The Balaban J connectivity index is 1.21. The average molecular weight is 442 g/mol. The Labute approximate surface area is 185 Å². The number of amides is 2. The zero-order valence-corrected chi connectivity index (χ0v) is 18.4. The van der Waals surface area contributed by atoms with Crippen LogP contribution in [0.5, 0.6) is 0 Å². The van der Waals surface area contributed by atoms with Gasteiger partial charge in [-0.15, -0.1) is 0 Å². The number of likely N-dealkylation sites (tertiary alicyclic amines) is 2. The van der Waals surface area contributed by atoms with Gasteiger partial charge in [0.1, 0.15) is 5.82 Å². The summed E-state index contributed by atoms with van der Waals surface area (Å²) in [5, 5.41) is 11.6. The highest BCUT2D eigenvalue weighted by atomic mass is 19.1. The molecule has 2 saturated heterocycles. The quantitative estimate of drug-likeness (QED) is 0.671. The van der Waals surface area contributed by atoms with Crippen LogP contribution in [0, 0.1) is 5.82 Å². The van der Waals surface area contributed by atoms with E-state index < -0.39 is 0 Å². The molecule has 1 N–H and O–H groups in total. The Kier molecular flexibility index (Phi) is 5.54. The maximum absolute atomic E-state index is 14.5. The summed E-state index contributed by atoms with van der Waals surface area (Å²) in [6.45, 7) is 3.53. The van der Waals surface area contributed by atoms with Crippen molar-refractivity contribution < 1.29 is 13.7 Å². The molecule has 170 valence electrons. The van der Waals surface area contributed by atoms with Gasteiger partial charge in [0.05, 0.1) is 17.3 Å². The first-order chi connectivity index (χ1) is 15.5. The van der Waals surface area contributed by atoms with Gasteiger partial charge in [-0.2, -0.15) is 10.1 Å². The Morgan fingerprint density at radius 3 is 2.62 bits per heavy atom. The van der Waals surface area contributed by atoms with E-state index >= 15 is 0 Å². The van der Waals surface area contributed by atoms with Crippen LogP contribution in [0.25, 0.3) is 22.3 Å². The largest absolute Gasteiger partial charge is 0.339 e. The van der Waals surface area contributed by atoms with E-state index in [0.717, 1.165) is 57.4 Å². The minimum Gasteiger partial charge on any atom is -0.339 e. The van der Waals surface area contributed by atoms with E-state index in [-0.39, 0.29) is 23.6 Å². The highest BCUT2D eigenvalue weighted by Crippen LogP contribution is 2.33. The maximum atomic E-state index is 14.5. The molecule has 0 spiro atoms. The lowest BCUT2D eigenvalue weighted by atomic mass is 9.93. The average Bonchev–Trinajstić information content (AvgIpc) is 3.49. The van der Waals surface area contributed by atoms with Gasteiger partial charge < -0.3 is 19.2 Å². The van der Waals surface area contributed by atoms with E-state index in [2.05, 4.69) is 25.2 Å². The van der Waals surface area contributed by atoms with Crippen LogP contribution in [0.15, 0.2) is 22.9 Å². The summed E-state index contributed by atoms with van der Waals surface area (Å²) in [5.41, 5.74) is 1.06. The summed E-state index contributed by atoms with van der Waals surface area (Å²) in [6, 6.07) is 3.64. The number of hydrogen-bond acceptors (Lipinski definition) is 6. The van der Waals surface area contributed by atoms with Gasteiger partial charge in [0.25, 0.3) is 0 Å². The van der Waals surface area contributed by atoms with Gasteiger partial charge in [0.2, 0.25) is 11.7 Å². The predicted molar refractivity (Wildman–Crippen MR) is 117 cm³/mol. The van der Waals surface area contributed by atoms with Gasteiger partial charge in [0.15, 0.2) is 0 Å². The van der Waals surface area contributed by atoms with Gasteiger partial charge in [0, 0.05) is 44.5 Å². The fourth-order valence-corrected chi connectivity index (χ4v) is 4.94. The summed E-state index contributed by atoms with van der Waals surface area (Å²) in [4.78, 5) is 22.8. The lowest BCUT2D eigenvalue weighted by molar-refractivity contribution is 0.0861. The number of nitrogens with one attached hydrogen (secondary N) is 1. The molecule has 2 aliphatic rings. The third-order valence-corrected chi connectivity index (χ3v) is 6.75. The normalized spacial score (nSPS) is 19.0. The molecule has 0 saturated carbocycles. The van der Waals surface area contributed by atoms with Crippen molar-refractivity contribution in [2.45, 2.75) is 37.6 Å². The topological polar surface area (TPSA) is 94.4 Å². The van der Waals surface area contributed by atoms with Gasteiger partial charge in [-0.3, -0.25) is 5.10 Å². The number of H-pyrrole nitrogens is 1. The smallest absolute Gasteiger partial charge is 0.319 e. The Bertz CT molecular complexity index is 1090. The van der Waals surface area contributed by atoms with E-state index in [4.69, 9.17) is 4.52 Å². The van der Waals surface area contributed by atoms with Crippen molar-refractivity contribution in [1.82, 2.24) is 35.0 Å². The third kappa shape index (κ3) is 3.83. The van der Waals surface area contributed by atoms with Crippen LogP contribution in [0.2, 0.25) is 0 Å². The molecule has 2 amide bonds. The Hall–Kier alpha value is -3.01. The zero-order chi connectivity index (χ0) is 22.2. The molecule has 3 aromatic rings. The first-order valence-corrected chi connectivity index (χ1v) is 11.2. The number of urea groups is 1. The molecule has 2 aromatic heterocycles. The van der Waals surface area contributed by atoms with Crippen molar-refractivity contribution in [3.05, 3.63) is 30.0 Å². The van der Waals surface area contributed by atoms with E-state index in [1.54, 1.807) is 31.3 Å². The molecular weight excluding hydrogens is 413 g/mol. The molecule has 2 fully saturated rings. The maximum Gasteiger partial charge on any atom is 0.319 e. The molecule has 10 heteroatoms. The SMILES string of the molecule is CN(C)C(=O)N1CCC(N2CCC(c3nc(-c4c(F)ccc5[nH]ncc45)no3)CC2)CC1. The van der Waals surface area contributed by atoms with Crippen LogP contribution in [0.3, 0.4) is 0 Å². The summed E-state index contributed by atoms with van der Waals surface area (Å²) in [5.74, 6) is 0.630. The Morgan fingerprint density at radius 1 is 1.16 bits per heavy atom. The van der Waals surface area contributed by atoms with Crippen molar-refractivity contribution in [2.24, 2.45) is 0 Å². The molecular formula is C22H28FN7O2. The van der Waals surface area contributed by atoms with Crippen molar-refractivity contribution in [1.29, 1.82) is 0 Å². The molecule has 2 aliphatic heterocycles. The number of carbonyl (C=O) groups excluding carboxylic acids is 1. The van der Waals surface area contributed by atoms with Crippen LogP contribution in [-0.2, 0) is 0 Å². The monoisotopic (exact) mass is 441 g/mol. The number of fused-ring (bicyclic) bond motifs is 1. The summed E-state index contributed by atoms with van der Waals surface area (Å²) in [7, 11) is 3.60. The van der Waals surface area contributed by atoms with Crippen LogP contribution < -0.4 is 0 Å². The minimum atomic E-state index is -0.389. The number of rotatable bonds is 3. The summed E-state index contributed by atoms with van der Waals surface area (Å²) < 4.78 is 20.1. The molecule has 0 bridgehead atoms. The van der Waals surface area contributed by atoms with Crippen LogP contribution >= 0.6 is 0 Å². The number of carbonyl (C=O) groups is 1. The number of benzene rings is 1. The van der Waals surface area contributed by atoms with Crippen molar-refractivity contribution in [3.63, 3.8) is 0 Å². The van der Waals surface area contributed by atoms with E-state index in [9.17, 15) is 9.18 Å². The lowest BCUT2D eigenvalue weighted by Gasteiger charge is -2.41. The summed E-state index contributed by atoms with van der Waals surface area (Å²) >= 11 is 0. The van der Waals surface area contributed by atoms with Crippen LogP contribution in [0.1, 0.15) is 37.5 Å². The van der Waals surface area contributed by atoms with Crippen LogP contribution in [0.4, 0.5) is 9.18 Å². The summed E-state index contributed by atoms with van der Waals surface area (Å²) in [6.07, 6.45) is 5.44. The third-order valence-electron chi connectivity index (χ3n) is 6.75. The van der Waals surface area contributed by atoms with Gasteiger partial charge in [-0.25, -0.2) is 9.18 Å². The first kappa shape index (κ1) is 20.9. The van der Waals surface area contributed by atoms with Gasteiger partial charge in [-0.1, -0.05) is 5.16 Å². The van der Waals surface area contributed by atoms with Gasteiger partial charge in [-0.05, 0) is 50.9 Å². The van der Waals surface area contributed by atoms with E-state index in [1.165, 1.54) is 6.07 Å². The highest BCUT2D eigenvalue weighted by Gasteiger charge is 2.32. The fraction of sp³-hybridized carbons (Fsp3) is 0.545. The second-order valence-electron chi connectivity index (χ2n) is 8.92. The first-order valence-electron chi connectivity index (χ1n) is 11.2. The van der Waals surface area contributed by atoms with E-state index in [0.29, 0.717) is 22.9 Å². The predicted octanol–water partition coefficient (Wildman–Crippen LogP) is 3.08.